The van der Waals surface area contributed by atoms with Gasteiger partial charge in [0.05, 0.1) is 11.6 Å². The van der Waals surface area contributed by atoms with Crippen LogP contribution in [0.4, 0.5) is 11.8 Å². The van der Waals surface area contributed by atoms with Crippen LogP contribution in [0.1, 0.15) is 32.6 Å². The average molecular weight is 261 g/mol. The maximum Gasteiger partial charge on any atom is 0.241 e. The molecule has 2 aromatic rings. The highest BCUT2D eigenvalue weighted by molar-refractivity contribution is 5.87. The molecule has 1 aliphatic rings. The molecule has 1 aliphatic carbocycles. The Balaban J connectivity index is 1.88. The van der Waals surface area contributed by atoms with Crippen molar-refractivity contribution < 1.29 is 0 Å². The molecular weight excluding hydrogens is 242 g/mol. The van der Waals surface area contributed by atoms with Crippen LogP contribution in [0, 0.1) is 5.92 Å². The lowest BCUT2D eigenvalue weighted by Crippen LogP contribution is -2.25. The van der Waals surface area contributed by atoms with E-state index in [2.05, 4.69) is 37.8 Å². The van der Waals surface area contributed by atoms with Gasteiger partial charge in [-0.1, -0.05) is 12.8 Å². The Hall–Kier alpha value is -1.89. The summed E-state index contributed by atoms with van der Waals surface area (Å²) in [7, 11) is 0. The third-order valence-corrected chi connectivity index (χ3v) is 3.91. The van der Waals surface area contributed by atoms with Gasteiger partial charge in [-0.3, -0.25) is 10.5 Å². The highest BCUT2D eigenvalue weighted by Gasteiger charge is 2.22. The van der Waals surface area contributed by atoms with Crippen molar-refractivity contribution in [3.8, 4) is 0 Å². The lowest BCUT2D eigenvalue weighted by Gasteiger charge is -2.21. The summed E-state index contributed by atoms with van der Waals surface area (Å²) in [5.41, 5.74) is 3.17. The number of fused-ring (bicyclic) bond motifs is 1. The van der Waals surface area contributed by atoms with Gasteiger partial charge in [-0.25, -0.2) is 5.84 Å². The number of hydrogen-bond donors (Lipinski definition) is 4. The Morgan fingerprint density at radius 3 is 2.89 bits per heavy atom. The summed E-state index contributed by atoms with van der Waals surface area (Å²) >= 11 is 0. The van der Waals surface area contributed by atoms with E-state index in [-0.39, 0.29) is 0 Å². The molecule has 3 rings (SSSR count). The zero-order chi connectivity index (χ0) is 13.2. The smallest absolute Gasteiger partial charge is 0.241 e. The SMILES string of the molecule is CC(Nc1nc(NN)nc2[nH]ncc12)C1CCCC1. The Morgan fingerprint density at radius 1 is 1.37 bits per heavy atom. The quantitative estimate of drug-likeness (QED) is 0.492. The van der Waals surface area contributed by atoms with Crippen LogP contribution in [0.3, 0.4) is 0 Å². The lowest BCUT2D eigenvalue weighted by atomic mass is 10.00. The Bertz CT molecular complexity index is 558. The minimum atomic E-state index is 0.387. The van der Waals surface area contributed by atoms with E-state index in [1.54, 1.807) is 6.20 Å². The van der Waals surface area contributed by atoms with Crippen molar-refractivity contribution in [1.29, 1.82) is 0 Å². The molecule has 5 N–H and O–H groups in total. The fourth-order valence-corrected chi connectivity index (χ4v) is 2.80. The van der Waals surface area contributed by atoms with Gasteiger partial charge < -0.3 is 5.32 Å². The third kappa shape index (κ3) is 2.33. The van der Waals surface area contributed by atoms with E-state index < -0.39 is 0 Å². The molecule has 19 heavy (non-hydrogen) atoms. The number of nitrogen functional groups attached to an aromatic ring is 1. The van der Waals surface area contributed by atoms with Crippen molar-refractivity contribution in [2.45, 2.75) is 38.6 Å². The summed E-state index contributed by atoms with van der Waals surface area (Å²) in [5, 5.41) is 11.2. The number of rotatable bonds is 4. The molecule has 2 aromatic heterocycles. The summed E-state index contributed by atoms with van der Waals surface area (Å²) in [6, 6.07) is 0.390. The highest BCUT2D eigenvalue weighted by Crippen LogP contribution is 2.30. The number of nitrogens with zero attached hydrogens (tertiary/aromatic N) is 3. The molecule has 2 heterocycles. The van der Waals surface area contributed by atoms with E-state index >= 15 is 0 Å². The van der Waals surface area contributed by atoms with Gasteiger partial charge in [0.2, 0.25) is 5.95 Å². The van der Waals surface area contributed by atoms with Crippen molar-refractivity contribution in [1.82, 2.24) is 20.2 Å². The minimum Gasteiger partial charge on any atom is -0.367 e. The fourth-order valence-electron chi connectivity index (χ4n) is 2.80. The zero-order valence-electron chi connectivity index (χ0n) is 11.0. The number of nitrogens with one attached hydrogen (secondary N) is 3. The van der Waals surface area contributed by atoms with Crippen LogP contribution in [0.25, 0.3) is 11.0 Å². The van der Waals surface area contributed by atoms with Crippen molar-refractivity contribution in [2.75, 3.05) is 10.7 Å². The topological polar surface area (TPSA) is 105 Å². The number of H-pyrrole nitrogens is 1. The largest absolute Gasteiger partial charge is 0.367 e. The molecule has 7 nitrogen and oxygen atoms in total. The third-order valence-electron chi connectivity index (χ3n) is 3.91. The summed E-state index contributed by atoms with van der Waals surface area (Å²) < 4.78 is 0. The molecule has 0 radical (unpaired) electrons. The first kappa shape index (κ1) is 12.2. The molecule has 0 aliphatic heterocycles. The van der Waals surface area contributed by atoms with Crippen LogP contribution in [0.5, 0.6) is 0 Å². The summed E-state index contributed by atoms with van der Waals surface area (Å²) in [6.07, 6.45) is 6.97. The van der Waals surface area contributed by atoms with Crippen molar-refractivity contribution in [3.63, 3.8) is 0 Å². The van der Waals surface area contributed by atoms with Gasteiger partial charge in [0.1, 0.15) is 5.82 Å². The maximum absolute atomic E-state index is 5.39. The van der Waals surface area contributed by atoms with E-state index in [0.717, 1.165) is 11.2 Å². The second kappa shape index (κ2) is 5.00. The van der Waals surface area contributed by atoms with Crippen LogP contribution in [0.2, 0.25) is 0 Å². The number of nitrogens with two attached hydrogens (primary N) is 1. The molecule has 7 heteroatoms. The predicted octanol–water partition coefficient (Wildman–Crippen LogP) is 1.63. The molecule has 1 fully saturated rings. The van der Waals surface area contributed by atoms with Gasteiger partial charge in [-0.2, -0.15) is 15.1 Å². The van der Waals surface area contributed by atoms with Crippen LogP contribution >= 0.6 is 0 Å². The van der Waals surface area contributed by atoms with E-state index in [4.69, 9.17) is 5.84 Å². The van der Waals surface area contributed by atoms with Gasteiger partial charge in [0.15, 0.2) is 5.65 Å². The summed E-state index contributed by atoms with van der Waals surface area (Å²) in [5.74, 6) is 7.28. The van der Waals surface area contributed by atoms with Crippen LogP contribution in [-0.4, -0.2) is 26.2 Å². The molecule has 0 amide bonds. The molecular formula is C12H19N7. The molecule has 0 bridgehead atoms. The minimum absolute atomic E-state index is 0.387. The highest BCUT2D eigenvalue weighted by atomic mass is 15.3. The first-order valence-corrected chi connectivity index (χ1v) is 6.72. The van der Waals surface area contributed by atoms with Crippen molar-refractivity contribution in [2.24, 2.45) is 11.8 Å². The van der Waals surface area contributed by atoms with Gasteiger partial charge in [0.25, 0.3) is 0 Å². The van der Waals surface area contributed by atoms with E-state index in [0.29, 0.717) is 23.6 Å². The summed E-state index contributed by atoms with van der Waals surface area (Å²) in [4.78, 5) is 8.60. The lowest BCUT2D eigenvalue weighted by molar-refractivity contribution is 0.481. The van der Waals surface area contributed by atoms with E-state index in [1.165, 1.54) is 25.7 Å². The monoisotopic (exact) mass is 261 g/mol. The molecule has 0 spiro atoms. The molecule has 102 valence electrons. The summed E-state index contributed by atoms with van der Waals surface area (Å²) in [6.45, 7) is 2.21. The normalized spacial score (nSPS) is 17.8. The first-order valence-electron chi connectivity index (χ1n) is 6.72. The second-order valence-corrected chi connectivity index (χ2v) is 5.15. The molecule has 1 saturated carbocycles. The van der Waals surface area contributed by atoms with Crippen molar-refractivity contribution >= 4 is 22.8 Å². The number of aromatic nitrogens is 4. The number of aromatic amines is 1. The average Bonchev–Trinajstić information content (AvgIpc) is 3.09. The molecule has 0 saturated heterocycles. The van der Waals surface area contributed by atoms with Crippen molar-refractivity contribution in [3.05, 3.63) is 6.20 Å². The fraction of sp³-hybridized carbons (Fsp3) is 0.583. The van der Waals surface area contributed by atoms with Gasteiger partial charge >= 0.3 is 0 Å². The first-order chi connectivity index (χ1) is 9.28. The Labute approximate surface area is 111 Å². The van der Waals surface area contributed by atoms with Gasteiger partial charge in [0, 0.05) is 6.04 Å². The maximum atomic E-state index is 5.39. The van der Waals surface area contributed by atoms with Gasteiger partial charge in [-0.05, 0) is 25.7 Å². The number of anilines is 2. The standard InChI is InChI=1S/C12H19N7/c1-7(8-4-2-3-5-8)15-10-9-6-14-19-11(9)17-12(16-10)18-13/h6-8H,2-5,13H2,1H3,(H3,14,15,16,17,18,19). The molecule has 1 atom stereocenters. The van der Waals surface area contributed by atoms with E-state index in [9.17, 15) is 0 Å². The second-order valence-electron chi connectivity index (χ2n) is 5.15. The Kier molecular flexibility index (Phi) is 3.20. The zero-order valence-corrected chi connectivity index (χ0v) is 11.0. The molecule has 0 aromatic carbocycles. The number of hydrogen-bond acceptors (Lipinski definition) is 6. The molecule has 1 unspecified atom stereocenters. The predicted molar refractivity (Wildman–Crippen MR) is 74.5 cm³/mol. The Morgan fingerprint density at radius 2 is 2.16 bits per heavy atom. The number of hydrazine groups is 1. The van der Waals surface area contributed by atoms with Crippen LogP contribution in [-0.2, 0) is 0 Å². The van der Waals surface area contributed by atoms with Crippen LogP contribution in [0.15, 0.2) is 6.20 Å². The van der Waals surface area contributed by atoms with Gasteiger partial charge in [-0.15, -0.1) is 0 Å². The van der Waals surface area contributed by atoms with E-state index in [1.807, 2.05) is 0 Å². The van der Waals surface area contributed by atoms with Crippen LogP contribution < -0.4 is 16.6 Å².